The summed E-state index contributed by atoms with van der Waals surface area (Å²) in [5, 5.41) is 14.6. The predicted octanol–water partition coefficient (Wildman–Crippen LogP) is 7.91. The lowest BCUT2D eigenvalue weighted by Crippen LogP contribution is -2.34. The summed E-state index contributed by atoms with van der Waals surface area (Å²) in [6.45, 7) is 1.16. The summed E-state index contributed by atoms with van der Waals surface area (Å²) in [4.78, 5) is 19.2. The molecule has 0 saturated heterocycles. The number of nitro benzene ring substituents is 1. The zero-order chi connectivity index (χ0) is 30.9. The lowest BCUT2D eigenvalue weighted by atomic mass is 10.0. The number of nitrogens with zero attached hydrogens (tertiary/aromatic N) is 3. The minimum absolute atomic E-state index is 0.0170. The summed E-state index contributed by atoms with van der Waals surface area (Å²) in [6.07, 6.45) is 8.42. The molecule has 0 spiro atoms. The summed E-state index contributed by atoms with van der Waals surface area (Å²) in [5.74, 6) is 0.312. The highest BCUT2D eigenvalue weighted by Crippen LogP contribution is 2.36. The van der Waals surface area contributed by atoms with E-state index in [1.807, 2.05) is 18.2 Å². The van der Waals surface area contributed by atoms with Crippen LogP contribution in [0.2, 0.25) is 0 Å². The lowest BCUT2D eigenvalue weighted by molar-refractivity contribution is -0.386. The number of hydrogen-bond donors (Lipinski definition) is 1. The van der Waals surface area contributed by atoms with Gasteiger partial charge in [-0.1, -0.05) is 36.4 Å². The maximum atomic E-state index is 13.1. The van der Waals surface area contributed by atoms with Crippen molar-refractivity contribution in [1.82, 2.24) is 15.3 Å². The van der Waals surface area contributed by atoms with Gasteiger partial charge in [0.05, 0.1) is 4.92 Å². The lowest BCUT2D eigenvalue weighted by Gasteiger charge is -2.26. The number of nitro groups is 1. The van der Waals surface area contributed by atoms with Gasteiger partial charge in [0.2, 0.25) is 5.75 Å². The van der Waals surface area contributed by atoms with Crippen LogP contribution in [0, 0.1) is 21.7 Å². The molecule has 2 aromatic heterocycles. The minimum Gasteiger partial charge on any atom is -0.482 e. The van der Waals surface area contributed by atoms with Crippen molar-refractivity contribution in [2.45, 2.75) is 31.4 Å². The third-order valence-corrected chi connectivity index (χ3v) is 7.40. The smallest absolute Gasteiger partial charge is 0.311 e. The van der Waals surface area contributed by atoms with Gasteiger partial charge in [-0.05, 0) is 71.5 Å². The number of aryl methyl sites for hydroxylation is 1. The van der Waals surface area contributed by atoms with Crippen LogP contribution in [0.5, 0.6) is 5.75 Å². The molecule has 1 atom stereocenters. The van der Waals surface area contributed by atoms with Crippen LogP contribution in [0.25, 0.3) is 22.3 Å². The van der Waals surface area contributed by atoms with Gasteiger partial charge in [0.25, 0.3) is 0 Å². The van der Waals surface area contributed by atoms with Crippen LogP contribution < -0.4 is 10.1 Å². The van der Waals surface area contributed by atoms with Gasteiger partial charge in [-0.2, -0.15) is 0 Å². The van der Waals surface area contributed by atoms with Crippen molar-refractivity contribution < 1.29 is 18.4 Å². The molecule has 3 aromatic carbocycles. The fraction of sp³-hybridized carbons (Fsp3) is 0.176. The number of rotatable bonds is 8. The first-order valence-corrected chi connectivity index (χ1v) is 14.5. The Morgan fingerprint density at radius 1 is 0.841 bits per heavy atom. The number of ether oxygens (including phenoxy) is 1. The Bertz CT molecular complexity index is 1720. The molecule has 1 N–H and O–H groups in total. The molecule has 7 nitrogen and oxygen atoms in total. The third-order valence-electron chi connectivity index (χ3n) is 7.09. The number of aromatic nitrogens is 2. The Kier molecular flexibility index (Phi) is 10.2. The third kappa shape index (κ3) is 8.00. The van der Waals surface area contributed by atoms with Gasteiger partial charge in [-0.25, -0.2) is 8.78 Å². The highest BCUT2D eigenvalue weighted by atomic mass is 35.5. The number of fused-ring (bicyclic) bond motifs is 1. The van der Waals surface area contributed by atoms with Crippen molar-refractivity contribution in [2.75, 3.05) is 6.54 Å². The van der Waals surface area contributed by atoms with E-state index in [9.17, 15) is 18.9 Å². The van der Waals surface area contributed by atoms with Crippen LogP contribution in [0.1, 0.15) is 23.1 Å². The Balaban J connectivity index is 0.000000215. The van der Waals surface area contributed by atoms with E-state index in [1.54, 1.807) is 55.1 Å². The van der Waals surface area contributed by atoms with Gasteiger partial charge < -0.3 is 10.1 Å². The largest absolute Gasteiger partial charge is 0.482 e. The fourth-order valence-corrected chi connectivity index (χ4v) is 5.00. The number of alkyl halides is 1. The first-order valence-electron chi connectivity index (χ1n) is 14.0. The van der Waals surface area contributed by atoms with E-state index in [1.165, 1.54) is 30.3 Å². The molecule has 6 rings (SSSR count). The average Bonchev–Trinajstić information content (AvgIpc) is 3.05. The van der Waals surface area contributed by atoms with E-state index >= 15 is 0 Å². The zero-order valence-electron chi connectivity index (χ0n) is 23.6. The Morgan fingerprint density at radius 3 is 2.02 bits per heavy atom. The summed E-state index contributed by atoms with van der Waals surface area (Å²) in [6, 6.07) is 21.6. The fourth-order valence-electron chi connectivity index (χ4n) is 4.86. The van der Waals surface area contributed by atoms with Crippen LogP contribution in [0.15, 0.2) is 104 Å². The summed E-state index contributed by atoms with van der Waals surface area (Å²) < 4.78 is 31.7. The van der Waals surface area contributed by atoms with Gasteiger partial charge in [0.15, 0.2) is 0 Å². The monoisotopic (exact) mass is 614 g/mol. The molecule has 1 aliphatic rings. The minimum atomic E-state index is -0.402. The second kappa shape index (κ2) is 14.6. The van der Waals surface area contributed by atoms with Gasteiger partial charge in [-0.15, -0.1) is 11.6 Å². The van der Waals surface area contributed by atoms with E-state index in [0.717, 1.165) is 51.8 Å². The topological polar surface area (TPSA) is 90.2 Å². The van der Waals surface area contributed by atoms with Crippen LogP contribution in [0.3, 0.4) is 0 Å². The maximum absolute atomic E-state index is 13.1. The molecule has 1 aliphatic heterocycles. The number of pyridine rings is 2. The Morgan fingerprint density at radius 2 is 1.43 bits per heavy atom. The number of halogens is 3. The second-order valence-corrected chi connectivity index (χ2v) is 10.5. The molecule has 44 heavy (non-hydrogen) atoms. The number of benzene rings is 3. The molecule has 224 valence electrons. The van der Waals surface area contributed by atoms with Crippen molar-refractivity contribution in [2.24, 2.45) is 0 Å². The van der Waals surface area contributed by atoms with Gasteiger partial charge in [0, 0.05) is 66.5 Å². The molecule has 10 heteroatoms. The van der Waals surface area contributed by atoms with E-state index in [2.05, 4.69) is 15.3 Å². The Labute approximate surface area is 258 Å². The SMILES string of the molecule is Fc1ccc(-c2cncc(CCl)c2)cc1.O=[N+]([O-])c1cccc2c1OC(CNCc1cncc(-c3ccc(F)cc3)c1)CC2. The van der Waals surface area contributed by atoms with Crippen LogP contribution in [0.4, 0.5) is 14.5 Å². The summed E-state index contributed by atoms with van der Waals surface area (Å²) in [7, 11) is 0. The van der Waals surface area contributed by atoms with Crippen molar-refractivity contribution in [3.8, 4) is 28.0 Å². The molecule has 0 fully saturated rings. The predicted molar refractivity (Wildman–Crippen MR) is 166 cm³/mol. The van der Waals surface area contributed by atoms with Crippen molar-refractivity contribution >= 4 is 17.3 Å². The van der Waals surface area contributed by atoms with E-state index < -0.39 is 4.92 Å². The summed E-state index contributed by atoms with van der Waals surface area (Å²) in [5.41, 5.74) is 6.56. The average molecular weight is 615 g/mol. The Hall–Kier alpha value is -4.73. The van der Waals surface area contributed by atoms with Crippen molar-refractivity contribution in [3.63, 3.8) is 0 Å². The van der Waals surface area contributed by atoms with Crippen LogP contribution >= 0.6 is 11.6 Å². The standard InChI is InChI=1S/C22H20FN3O3.C12H9ClFN/c23-19-7-4-16(5-8-19)18-10-15(11-24-13-18)12-25-14-20-9-6-17-2-1-3-21(26(27)28)22(17)29-20;13-6-9-5-11(8-15-7-9)10-1-3-12(14)4-2-10/h1-5,7-8,10-11,13,20,25H,6,9,12,14H2;1-5,7-8H,6H2. The first-order chi connectivity index (χ1) is 21.4. The maximum Gasteiger partial charge on any atom is 0.311 e. The number of hydrogen-bond acceptors (Lipinski definition) is 6. The quantitative estimate of drug-likeness (QED) is 0.109. The molecule has 3 heterocycles. The number of para-hydroxylation sites is 1. The van der Waals surface area contributed by atoms with Crippen LogP contribution in [-0.2, 0) is 18.8 Å². The molecule has 5 aromatic rings. The molecule has 0 saturated carbocycles. The molecule has 0 bridgehead atoms. The summed E-state index contributed by atoms with van der Waals surface area (Å²) >= 11 is 5.71. The first kappa shape index (κ1) is 30.7. The molecule has 0 radical (unpaired) electrons. The molecule has 0 amide bonds. The highest BCUT2D eigenvalue weighted by molar-refractivity contribution is 6.17. The van der Waals surface area contributed by atoms with Gasteiger partial charge >= 0.3 is 5.69 Å². The van der Waals surface area contributed by atoms with Crippen molar-refractivity contribution in [1.29, 1.82) is 0 Å². The molecular weight excluding hydrogens is 586 g/mol. The number of nitrogens with one attached hydrogen (secondary N) is 1. The molecule has 0 aliphatic carbocycles. The zero-order valence-corrected chi connectivity index (χ0v) is 24.4. The van der Waals surface area contributed by atoms with E-state index in [4.69, 9.17) is 16.3 Å². The highest BCUT2D eigenvalue weighted by Gasteiger charge is 2.26. The second-order valence-electron chi connectivity index (χ2n) is 10.2. The normalized spacial score (nSPS) is 13.7. The van der Waals surface area contributed by atoms with E-state index in [0.29, 0.717) is 24.7 Å². The van der Waals surface area contributed by atoms with Gasteiger partial charge in [-0.3, -0.25) is 20.1 Å². The van der Waals surface area contributed by atoms with E-state index in [-0.39, 0.29) is 23.4 Å². The molecular formula is C34H29ClF2N4O3. The molecule has 1 unspecified atom stereocenters. The van der Waals surface area contributed by atoms with Crippen molar-refractivity contribution in [3.05, 3.63) is 142 Å². The van der Waals surface area contributed by atoms with Gasteiger partial charge in [0.1, 0.15) is 17.7 Å². The van der Waals surface area contributed by atoms with Crippen LogP contribution in [-0.4, -0.2) is 27.5 Å².